The van der Waals surface area contributed by atoms with Gasteiger partial charge in [0, 0.05) is 18.5 Å². The summed E-state index contributed by atoms with van der Waals surface area (Å²) in [5, 5.41) is 11.2. The maximum Gasteiger partial charge on any atom is 0.331 e. The van der Waals surface area contributed by atoms with Gasteiger partial charge in [-0.3, -0.25) is 4.79 Å². The van der Waals surface area contributed by atoms with Crippen LogP contribution in [0.25, 0.3) is 0 Å². The predicted molar refractivity (Wildman–Crippen MR) is 72.3 cm³/mol. The first-order valence-corrected chi connectivity index (χ1v) is 6.89. The van der Waals surface area contributed by atoms with Crippen LogP contribution in [0, 0.1) is 0 Å². The van der Waals surface area contributed by atoms with E-state index in [0.29, 0.717) is 18.5 Å². The number of fused-ring (bicyclic) bond motifs is 1. The van der Waals surface area contributed by atoms with E-state index in [2.05, 4.69) is 0 Å². The molecule has 0 spiro atoms. The number of primary amides is 1. The van der Waals surface area contributed by atoms with E-state index in [1.54, 1.807) is 6.07 Å². The van der Waals surface area contributed by atoms with E-state index < -0.39 is 23.9 Å². The normalized spacial score (nSPS) is 17.4. The lowest BCUT2D eigenvalue weighted by atomic mass is 10.0. The molecule has 0 aliphatic carbocycles. The molecule has 1 unspecified atom stereocenters. The molecular formula is C12H15N3O4S. The number of urea groups is 1. The fraction of sp³-hybridized carbons (Fsp3) is 0.417. The largest absolute Gasteiger partial charge is 0.479 e. The Hall–Kier alpha value is -2.09. The number of likely N-dealkylation sites (N-methyl/N-ethyl adjacent to an activating group) is 1. The molecule has 8 heteroatoms. The molecule has 1 aromatic heterocycles. The Balaban J connectivity index is 2.25. The number of thiophene rings is 1. The molecule has 3 N–H and O–H groups in total. The summed E-state index contributed by atoms with van der Waals surface area (Å²) >= 11 is 1.49. The number of carbonyl (C=O) groups excluding carboxylic acids is 2. The van der Waals surface area contributed by atoms with Crippen molar-refractivity contribution in [1.82, 2.24) is 9.80 Å². The van der Waals surface area contributed by atoms with Gasteiger partial charge in [0.05, 0.1) is 0 Å². The summed E-state index contributed by atoms with van der Waals surface area (Å²) in [6.45, 7) is 0.0740. The predicted octanol–water partition coefficient (Wildman–Crippen LogP) is 0.269. The number of carbonyl (C=O) groups is 3. The standard InChI is InChI=1S/C12H15N3O4S/c1-14(6-9(13)16)12(19)15-4-2-8-7(3-5-20-8)10(15)11(17)18/h3,5,10H,2,4,6H2,1H3,(H2,13,16)(H,17,18). The van der Waals surface area contributed by atoms with Crippen molar-refractivity contribution < 1.29 is 19.5 Å². The molecule has 0 fully saturated rings. The van der Waals surface area contributed by atoms with Crippen molar-refractivity contribution in [1.29, 1.82) is 0 Å². The van der Waals surface area contributed by atoms with Crippen molar-refractivity contribution in [2.45, 2.75) is 12.5 Å². The summed E-state index contributed by atoms with van der Waals surface area (Å²) in [6.07, 6.45) is 0.618. The monoisotopic (exact) mass is 297 g/mol. The molecule has 1 atom stereocenters. The van der Waals surface area contributed by atoms with Crippen molar-refractivity contribution in [3.8, 4) is 0 Å². The lowest BCUT2D eigenvalue weighted by Crippen LogP contribution is -2.50. The van der Waals surface area contributed by atoms with E-state index in [1.165, 1.54) is 23.3 Å². The van der Waals surface area contributed by atoms with Gasteiger partial charge < -0.3 is 20.6 Å². The van der Waals surface area contributed by atoms with Crippen LogP contribution in [-0.2, 0) is 16.0 Å². The SMILES string of the molecule is CN(CC(N)=O)C(=O)N1CCc2sccc2C1C(=O)O. The Morgan fingerprint density at radius 2 is 2.25 bits per heavy atom. The number of hydrogen-bond donors (Lipinski definition) is 2. The van der Waals surface area contributed by atoms with Gasteiger partial charge >= 0.3 is 12.0 Å². The highest BCUT2D eigenvalue weighted by Gasteiger charge is 2.37. The molecule has 3 amide bonds. The van der Waals surface area contributed by atoms with Gasteiger partial charge in [-0.05, 0) is 23.4 Å². The molecule has 1 aromatic rings. The van der Waals surface area contributed by atoms with E-state index in [9.17, 15) is 19.5 Å². The smallest absolute Gasteiger partial charge is 0.331 e. The number of nitrogens with two attached hydrogens (primary N) is 1. The van der Waals surface area contributed by atoms with E-state index in [-0.39, 0.29) is 6.54 Å². The van der Waals surface area contributed by atoms with Crippen molar-refractivity contribution in [2.24, 2.45) is 5.73 Å². The van der Waals surface area contributed by atoms with Crippen molar-refractivity contribution >= 4 is 29.2 Å². The zero-order valence-corrected chi connectivity index (χ0v) is 11.7. The highest BCUT2D eigenvalue weighted by molar-refractivity contribution is 7.10. The highest BCUT2D eigenvalue weighted by Crippen LogP contribution is 2.33. The summed E-state index contributed by atoms with van der Waals surface area (Å²) in [5.41, 5.74) is 5.70. The average Bonchev–Trinajstić information content (AvgIpc) is 2.83. The third-order valence-corrected chi connectivity index (χ3v) is 4.16. The molecule has 7 nitrogen and oxygen atoms in total. The molecule has 0 aromatic carbocycles. The van der Waals surface area contributed by atoms with Crippen LogP contribution in [-0.4, -0.2) is 53.0 Å². The first kappa shape index (κ1) is 14.3. The minimum absolute atomic E-state index is 0.238. The molecule has 0 saturated carbocycles. The second-order valence-electron chi connectivity index (χ2n) is 4.59. The van der Waals surface area contributed by atoms with Gasteiger partial charge in [0.15, 0.2) is 6.04 Å². The molecular weight excluding hydrogens is 282 g/mol. The Labute approximate surface area is 119 Å². The number of nitrogens with zero attached hydrogens (tertiary/aromatic N) is 2. The maximum atomic E-state index is 12.3. The van der Waals surface area contributed by atoms with E-state index in [4.69, 9.17) is 5.73 Å². The molecule has 2 rings (SSSR count). The number of amides is 3. The van der Waals surface area contributed by atoms with Crippen molar-refractivity contribution in [3.05, 3.63) is 21.9 Å². The second-order valence-corrected chi connectivity index (χ2v) is 5.59. The maximum absolute atomic E-state index is 12.3. The van der Waals surface area contributed by atoms with Gasteiger partial charge in [-0.2, -0.15) is 0 Å². The van der Waals surface area contributed by atoms with Gasteiger partial charge in [-0.25, -0.2) is 9.59 Å². The van der Waals surface area contributed by atoms with Gasteiger partial charge in [-0.15, -0.1) is 11.3 Å². The van der Waals surface area contributed by atoms with Gasteiger partial charge in [0.1, 0.15) is 6.54 Å². The zero-order valence-electron chi connectivity index (χ0n) is 10.9. The van der Waals surface area contributed by atoms with Crippen LogP contribution in [0.4, 0.5) is 4.79 Å². The van der Waals surface area contributed by atoms with Crippen LogP contribution >= 0.6 is 11.3 Å². The molecule has 2 heterocycles. The van der Waals surface area contributed by atoms with Crippen molar-refractivity contribution in [2.75, 3.05) is 20.1 Å². The topological polar surface area (TPSA) is 104 Å². The lowest BCUT2D eigenvalue weighted by molar-refractivity contribution is -0.142. The Morgan fingerprint density at radius 3 is 2.85 bits per heavy atom. The lowest BCUT2D eigenvalue weighted by Gasteiger charge is -2.35. The third kappa shape index (κ3) is 2.60. The van der Waals surface area contributed by atoms with Crippen LogP contribution in [0.15, 0.2) is 11.4 Å². The van der Waals surface area contributed by atoms with Crippen LogP contribution in [0.2, 0.25) is 0 Å². The molecule has 108 valence electrons. The minimum atomic E-state index is -1.08. The number of aliphatic carboxylic acids is 1. The second kappa shape index (κ2) is 5.49. The number of carboxylic acids is 1. The van der Waals surface area contributed by atoms with Gasteiger partial charge in [0.25, 0.3) is 0 Å². The van der Waals surface area contributed by atoms with E-state index >= 15 is 0 Å². The minimum Gasteiger partial charge on any atom is -0.479 e. The summed E-state index contributed by atoms with van der Waals surface area (Å²) in [6, 6.07) is 0.215. The Morgan fingerprint density at radius 1 is 1.55 bits per heavy atom. The molecule has 0 bridgehead atoms. The fourth-order valence-corrected chi connectivity index (χ4v) is 3.21. The highest BCUT2D eigenvalue weighted by atomic mass is 32.1. The number of carboxylic acid groups (broad SMARTS) is 1. The van der Waals surface area contributed by atoms with Crippen LogP contribution in [0.5, 0.6) is 0 Å². The summed E-state index contributed by atoms with van der Waals surface area (Å²) in [4.78, 5) is 38.0. The Kier molecular flexibility index (Phi) is 3.93. The summed E-state index contributed by atoms with van der Waals surface area (Å²) in [5.74, 6) is -1.72. The van der Waals surface area contributed by atoms with E-state index in [0.717, 1.165) is 9.78 Å². The Bertz CT molecular complexity index is 557. The zero-order chi connectivity index (χ0) is 14.9. The van der Waals surface area contributed by atoms with Crippen LogP contribution < -0.4 is 5.73 Å². The van der Waals surface area contributed by atoms with Crippen molar-refractivity contribution in [3.63, 3.8) is 0 Å². The summed E-state index contributed by atoms with van der Waals surface area (Å²) < 4.78 is 0. The van der Waals surface area contributed by atoms with Crippen LogP contribution in [0.1, 0.15) is 16.5 Å². The molecule has 20 heavy (non-hydrogen) atoms. The third-order valence-electron chi connectivity index (χ3n) is 3.17. The number of rotatable bonds is 3. The van der Waals surface area contributed by atoms with Gasteiger partial charge in [0.2, 0.25) is 5.91 Å². The van der Waals surface area contributed by atoms with Crippen LogP contribution in [0.3, 0.4) is 0 Å². The number of hydrogen-bond acceptors (Lipinski definition) is 4. The molecule has 0 saturated heterocycles. The molecule has 1 aliphatic heterocycles. The fourth-order valence-electron chi connectivity index (χ4n) is 2.31. The average molecular weight is 297 g/mol. The molecule has 1 aliphatic rings. The quantitative estimate of drug-likeness (QED) is 0.835. The van der Waals surface area contributed by atoms with E-state index in [1.807, 2.05) is 5.38 Å². The molecule has 0 radical (unpaired) electrons. The van der Waals surface area contributed by atoms with Gasteiger partial charge in [-0.1, -0.05) is 0 Å². The first-order valence-electron chi connectivity index (χ1n) is 6.01. The first-order chi connectivity index (χ1) is 9.41. The summed E-state index contributed by atoms with van der Waals surface area (Å²) in [7, 11) is 1.43.